The molecule has 4 nitrogen and oxygen atoms in total. The molecule has 0 fully saturated rings. The van der Waals surface area contributed by atoms with Crippen LogP contribution in [0.2, 0.25) is 0 Å². The van der Waals surface area contributed by atoms with E-state index < -0.39 is 10.4 Å². The molecule has 0 aromatic carbocycles. The Morgan fingerprint density at radius 3 is 1.29 bits per heavy atom. The van der Waals surface area contributed by atoms with Crippen molar-refractivity contribution in [3.05, 3.63) is 0 Å². The van der Waals surface area contributed by atoms with E-state index in [0.717, 1.165) is 0 Å². The number of hydrogen-bond donors (Lipinski definition) is 0. The van der Waals surface area contributed by atoms with Gasteiger partial charge < -0.3 is 9.11 Å². The SMILES string of the molecule is O=S(=O)([O-])[O-].[Al+2][Cl]. The van der Waals surface area contributed by atoms with Gasteiger partial charge in [0.1, 0.15) is 0 Å². The molecule has 7 heteroatoms. The third-order valence-corrected chi connectivity index (χ3v) is 0. The number of halogens is 1. The van der Waals surface area contributed by atoms with Crippen LogP contribution in [0.5, 0.6) is 0 Å². The van der Waals surface area contributed by atoms with Gasteiger partial charge in [0.05, 0.1) is 0 Å². The average Bonchev–Trinajstić information content (AvgIpc) is 1.36. The average molecular weight is 158 g/mol. The first-order chi connectivity index (χ1) is 3.00. The summed E-state index contributed by atoms with van der Waals surface area (Å²) >= 11 is 1.89. The summed E-state index contributed by atoms with van der Waals surface area (Å²) in [5.41, 5.74) is 0. The van der Waals surface area contributed by atoms with Crippen molar-refractivity contribution < 1.29 is 17.5 Å². The van der Waals surface area contributed by atoms with Crippen LogP contribution in [0.1, 0.15) is 0 Å². The van der Waals surface area contributed by atoms with Crippen molar-refractivity contribution in [2.45, 2.75) is 0 Å². The molecule has 0 aliphatic carbocycles. The Bertz CT molecular complexity index is 94.9. The second kappa shape index (κ2) is 4.84. The molecule has 0 radical (unpaired) electrons. The standard InChI is InChI=1S/Al.ClH.H2O4S/c;;1-5(2,3)4/h;1H;(H2,1,2,3,4)/q+3;;/p-3. The monoisotopic (exact) mass is 158 g/mol. The zero-order chi connectivity index (χ0) is 6.50. The van der Waals surface area contributed by atoms with Gasteiger partial charge in [-0.1, -0.05) is 0 Å². The zero-order valence-corrected chi connectivity index (χ0v) is 5.72. The van der Waals surface area contributed by atoms with Crippen LogP contribution in [0.3, 0.4) is 0 Å². The Balaban J connectivity index is 0. The summed E-state index contributed by atoms with van der Waals surface area (Å²) in [6, 6.07) is 0. The van der Waals surface area contributed by atoms with Crippen LogP contribution in [0.15, 0.2) is 0 Å². The Morgan fingerprint density at radius 2 is 1.29 bits per heavy atom. The molecule has 0 saturated carbocycles. The summed E-state index contributed by atoms with van der Waals surface area (Å²) < 4.78 is 34.1. The quantitative estimate of drug-likeness (QED) is 0.257. The van der Waals surface area contributed by atoms with E-state index in [1.807, 2.05) is 15.4 Å². The summed E-state index contributed by atoms with van der Waals surface area (Å²) in [5, 5.41) is 0. The number of rotatable bonds is 0. The van der Waals surface area contributed by atoms with E-state index in [-0.39, 0.29) is 0 Å². The normalized spacial score (nSPS) is 9.29. The van der Waals surface area contributed by atoms with Crippen LogP contribution in [0.25, 0.3) is 0 Å². The fraction of sp³-hybridized carbons (Fsp3) is 0. The van der Waals surface area contributed by atoms with Gasteiger partial charge in [0.15, 0.2) is 0 Å². The molecule has 0 aromatic heterocycles. The molecule has 7 heavy (non-hydrogen) atoms. The third kappa shape index (κ3) is 307. The Labute approximate surface area is 53.7 Å². The number of hydrogen-bond acceptors (Lipinski definition) is 4. The van der Waals surface area contributed by atoms with Crippen molar-refractivity contribution in [1.29, 1.82) is 0 Å². The van der Waals surface area contributed by atoms with Gasteiger partial charge in [0.25, 0.3) is 0 Å². The van der Waals surface area contributed by atoms with Gasteiger partial charge in [-0.3, -0.25) is 8.42 Å². The minimum atomic E-state index is -5.17. The molecule has 0 N–H and O–H groups in total. The predicted molar refractivity (Wildman–Crippen MR) is 22.1 cm³/mol. The first kappa shape index (κ1) is 10.6. The van der Waals surface area contributed by atoms with E-state index in [1.165, 1.54) is 0 Å². The van der Waals surface area contributed by atoms with Crippen molar-refractivity contribution in [3.63, 3.8) is 0 Å². The zero-order valence-electron chi connectivity index (χ0n) is 3.00. The van der Waals surface area contributed by atoms with Crippen molar-refractivity contribution in [2.75, 3.05) is 0 Å². The Kier molecular flexibility index (Phi) is 7.35. The molecule has 40 valence electrons. The van der Waals surface area contributed by atoms with E-state index in [9.17, 15) is 0 Å². The fourth-order valence-electron chi connectivity index (χ4n) is 0. The van der Waals surface area contributed by atoms with Gasteiger partial charge in [0, 0.05) is 10.4 Å². The molecule has 0 atom stereocenters. The van der Waals surface area contributed by atoms with Gasteiger partial charge in [-0.15, -0.1) is 0 Å². The molecule has 0 aromatic rings. The van der Waals surface area contributed by atoms with Crippen LogP contribution >= 0.6 is 10.0 Å². The van der Waals surface area contributed by atoms with Crippen LogP contribution in [0.4, 0.5) is 0 Å². The maximum absolute atomic E-state index is 8.52. The molecular formula is AlClO4S. The first-order valence-electron chi connectivity index (χ1n) is 0.885. The fourth-order valence-corrected chi connectivity index (χ4v) is 0. The van der Waals surface area contributed by atoms with Crippen molar-refractivity contribution in [2.24, 2.45) is 0 Å². The van der Waals surface area contributed by atoms with E-state index in [0.29, 0.717) is 0 Å². The Morgan fingerprint density at radius 1 is 1.29 bits per heavy atom. The van der Waals surface area contributed by atoms with Crippen LogP contribution in [0, 0.1) is 0 Å². The van der Waals surface area contributed by atoms with Crippen LogP contribution < -0.4 is 0 Å². The van der Waals surface area contributed by atoms with E-state index >= 15 is 0 Å². The molecular weight excluding hydrogens is 158 g/mol. The summed E-state index contributed by atoms with van der Waals surface area (Å²) in [6.45, 7) is 0. The molecule has 0 rings (SSSR count). The molecule has 0 aliphatic rings. The Hall–Kier alpha value is 0.692. The van der Waals surface area contributed by atoms with Gasteiger partial charge in [-0.05, 0) is 0 Å². The molecule has 0 saturated heterocycles. The second-order valence-electron chi connectivity index (χ2n) is 0.408. The van der Waals surface area contributed by atoms with Crippen LogP contribution in [-0.4, -0.2) is 32.9 Å². The van der Waals surface area contributed by atoms with Gasteiger partial charge in [-0.25, -0.2) is 0 Å². The van der Waals surface area contributed by atoms with Gasteiger partial charge in [0.2, 0.25) is 0 Å². The van der Waals surface area contributed by atoms with E-state index in [4.69, 9.17) is 17.5 Å². The van der Waals surface area contributed by atoms with Crippen molar-refractivity contribution in [1.82, 2.24) is 0 Å². The third-order valence-electron chi connectivity index (χ3n) is 0. The molecule has 0 aliphatic heterocycles. The first-order valence-corrected chi connectivity index (χ1v) is 3.96. The van der Waals surface area contributed by atoms with E-state index in [1.54, 1.807) is 0 Å². The topological polar surface area (TPSA) is 80.3 Å². The second-order valence-corrected chi connectivity index (χ2v) is 1.22. The predicted octanol–water partition coefficient (Wildman–Crippen LogP) is -1.03. The molecule has 0 spiro atoms. The summed E-state index contributed by atoms with van der Waals surface area (Å²) in [4.78, 5) is 0. The van der Waals surface area contributed by atoms with Gasteiger partial charge in [-0.2, -0.15) is 0 Å². The summed E-state index contributed by atoms with van der Waals surface area (Å²) in [7, 11) is -0.611. The van der Waals surface area contributed by atoms with Crippen molar-refractivity contribution in [3.8, 4) is 0 Å². The molecule has 0 heterocycles. The van der Waals surface area contributed by atoms with Crippen LogP contribution in [-0.2, 0) is 10.4 Å². The van der Waals surface area contributed by atoms with Gasteiger partial charge >= 0.3 is 25.4 Å². The molecule has 0 unspecified atom stereocenters. The minimum absolute atomic E-state index is 1.89. The summed E-state index contributed by atoms with van der Waals surface area (Å²) in [5.74, 6) is 0. The molecule has 0 amide bonds. The van der Waals surface area contributed by atoms with Crippen molar-refractivity contribution >= 4 is 35.8 Å². The molecule has 0 bridgehead atoms. The maximum atomic E-state index is 8.52. The summed E-state index contributed by atoms with van der Waals surface area (Å²) in [6.07, 6.45) is 0. The van der Waals surface area contributed by atoms with E-state index in [2.05, 4.69) is 10.0 Å².